The predicted molar refractivity (Wildman–Crippen MR) is 97.1 cm³/mol. The number of likely N-dealkylation sites (N-methyl/N-ethyl adjacent to an activating group) is 1. The van der Waals surface area contributed by atoms with Crippen molar-refractivity contribution < 1.29 is 22.8 Å². The lowest BCUT2D eigenvalue weighted by Gasteiger charge is -2.16. The highest BCUT2D eigenvalue weighted by Crippen LogP contribution is 2.31. The molecule has 1 aromatic heterocycles. The number of rotatable bonds is 6. The number of hydrogen-bond acceptors (Lipinski definition) is 5. The van der Waals surface area contributed by atoms with Crippen LogP contribution in [0.25, 0.3) is 0 Å². The number of hydrogen-bond donors (Lipinski definition) is 2. The Balaban J connectivity index is 2.04. The van der Waals surface area contributed by atoms with Crippen molar-refractivity contribution in [1.82, 2.24) is 15.2 Å². The Morgan fingerprint density at radius 1 is 1.30 bits per heavy atom. The molecule has 0 unspecified atom stereocenters. The van der Waals surface area contributed by atoms with Crippen LogP contribution >= 0.6 is 11.3 Å². The van der Waals surface area contributed by atoms with Crippen molar-refractivity contribution in [3.63, 3.8) is 0 Å². The first kappa shape index (κ1) is 20.7. The zero-order chi connectivity index (χ0) is 20.2. The Morgan fingerprint density at radius 2 is 2.00 bits per heavy atom. The normalized spacial score (nSPS) is 11.4. The number of halogens is 3. The van der Waals surface area contributed by atoms with Crippen molar-refractivity contribution in [1.29, 1.82) is 0 Å². The average molecular weight is 400 g/mol. The van der Waals surface area contributed by atoms with E-state index in [1.165, 1.54) is 29.5 Å². The summed E-state index contributed by atoms with van der Waals surface area (Å²) in [7, 11) is 1.47. The van der Waals surface area contributed by atoms with Crippen molar-refractivity contribution in [3.8, 4) is 0 Å². The Kier molecular flexibility index (Phi) is 6.42. The van der Waals surface area contributed by atoms with Crippen LogP contribution in [0.4, 0.5) is 24.0 Å². The van der Waals surface area contributed by atoms with Crippen molar-refractivity contribution in [2.75, 3.05) is 18.9 Å². The third kappa shape index (κ3) is 5.95. The number of amides is 2. The molecule has 0 saturated heterocycles. The summed E-state index contributed by atoms with van der Waals surface area (Å²) in [4.78, 5) is 29.4. The summed E-state index contributed by atoms with van der Waals surface area (Å²) >= 11 is 1.08. The van der Waals surface area contributed by atoms with Gasteiger partial charge in [0, 0.05) is 24.2 Å². The molecule has 2 rings (SSSR count). The zero-order valence-electron chi connectivity index (χ0n) is 14.9. The van der Waals surface area contributed by atoms with Gasteiger partial charge in [0.2, 0.25) is 5.91 Å². The second kappa shape index (κ2) is 8.38. The second-order valence-electron chi connectivity index (χ2n) is 6.12. The van der Waals surface area contributed by atoms with Crippen molar-refractivity contribution in [3.05, 3.63) is 40.9 Å². The van der Waals surface area contributed by atoms with E-state index in [1.54, 1.807) is 0 Å². The number of anilines is 2. The molecule has 27 heavy (non-hydrogen) atoms. The molecule has 0 atom stereocenters. The van der Waals surface area contributed by atoms with Gasteiger partial charge in [-0.25, -0.2) is 4.98 Å². The molecule has 0 aliphatic rings. The van der Waals surface area contributed by atoms with Crippen LogP contribution in [0.5, 0.6) is 0 Å². The van der Waals surface area contributed by atoms with Gasteiger partial charge >= 0.3 is 6.18 Å². The number of carbonyl (C=O) groups is 2. The summed E-state index contributed by atoms with van der Waals surface area (Å²) in [5.74, 6) is -0.749. The van der Waals surface area contributed by atoms with Crippen LogP contribution < -0.4 is 10.6 Å². The number of thiazole rings is 1. The van der Waals surface area contributed by atoms with E-state index in [-0.39, 0.29) is 35.0 Å². The fourth-order valence-corrected chi connectivity index (χ4v) is 2.88. The molecule has 0 saturated carbocycles. The summed E-state index contributed by atoms with van der Waals surface area (Å²) in [5.41, 5.74) is -0.464. The number of aromatic nitrogens is 1. The van der Waals surface area contributed by atoms with E-state index in [0.717, 1.165) is 23.5 Å². The van der Waals surface area contributed by atoms with Crippen LogP contribution in [-0.4, -0.2) is 41.3 Å². The second-order valence-corrected chi connectivity index (χ2v) is 6.98. The number of nitrogens with one attached hydrogen (secondary N) is 2. The van der Waals surface area contributed by atoms with Crippen LogP contribution in [0.1, 0.15) is 29.9 Å². The maximum atomic E-state index is 12.8. The van der Waals surface area contributed by atoms with E-state index >= 15 is 0 Å². The minimum atomic E-state index is -4.44. The lowest BCUT2D eigenvalue weighted by Crippen LogP contribution is -2.40. The van der Waals surface area contributed by atoms with Gasteiger partial charge in [0.15, 0.2) is 5.13 Å². The largest absolute Gasteiger partial charge is 0.416 e. The quantitative estimate of drug-likeness (QED) is 0.778. The highest BCUT2D eigenvalue weighted by Gasteiger charge is 2.30. The van der Waals surface area contributed by atoms with Gasteiger partial charge in [-0.2, -0.15) is 13.2 Å². The number of benzene rings is 1. The van der Waals surface area contributed by atoms with Crippen LogP contribution in [0, 0.1) is 0 Å². The summed E-state index contributed by atoms with van der Waals surface area (Å²) in [6, 6.07) is 4.65. The highest BCUT2D eigenvalue weighted by atomic mass is 32.1. The third-order valence-electron chi connectivity index (χ3n) is 3.34. The standard InChI is InChI=1S/C17H19F3N4O2S/c1-10(2)21-14(25)8-24(3)15(26)13-9-27-16(23-13)22-12-6-4-5-11(7-12)17(18,19)20/h4-7,9-10H,8H2,1-3H3,(H,21,25)(H,22,23). The molecule has 2 amide bonds. The molecule has 10 heteroatoms. The monoisotopic (exact) mass is 400 g/mol. The molecule has 2 aromatic rings. The highest BCUT2D eigenvalue weighted by molar-refractivity contribution is 7.14. The Labute approximate surface area is 158 Å². The first-order valence-corrected chi connectivity index (χ1v) is 8.89. The molecule has 146 valence electrons. The molecular weight excluding hydrogens is 381 g/mol. The van der Waals surface area contributed by atoms with Gasteiger partial charge in [-0.1, -0.05) is 6.07 Å². The van der Waals surface area contributed by atoms with E-state index in [1.807, 2.05) is 13.8 Å². The summed E-state index contributed by atoms with van der Waals surface area (Å²) in [6.45, 7) is 3.50. The number of carbonyl (C=O) groups excluding carboxylic acids is 2. The van der Waals surface area contributed by atoms with E-state index < -0.39 is 17.6 Å². The van der Waals surface area contributed by atoms with E-state index in [4.69, 9.17) is 0 Å². The first-order valence-electron chi connectivity index (χ1n) is 8.01. The molecule has 0 bridgehead atoms. The molecule has 0 aliphatic heterocycles. The fraction of sp³-hybridized carbons (Fsp3) is 0.353. The molecule has 1 aromatic carbocycles. The molecular formula is C17H19F3N4O2S. The van der Waals surface area contributed by atoms with Crippen molar-refractivity contribution >= 4 is 34.0 Å². The molecule has 2 N–H and O–H groups in total. The SMILES string of the molecule is CC(C)NC(=O)CN(C)C(=O)c1csc(Nc2cccc(C(F)(F)F)c2)n1. The lowest BCUT2D eigenvalue weighted by molar-refractivity contribution is -0.137. The Morgan fingerprint density at radius 3 is 2.63 bits per heavy atom. The Bertz CT molecular complexity index is 821. The lowest BCUT2D eigenvalue weighted by atomic mass is 10.2. The predicted octanol–water partition coefficient (Wildman–Crippen LogP) is 3.50. The van der Waals surface area contributed by atoms with Crippen LogP contribution in [0.2, 0.25) is 0 Å². The van der Waals surface area contributed by atoms with Crippen LogP contribution in [0.3, 0.4) is 0 Å². The molecule has 6 nitrogen and oxygen atoms in total. The van der Waals surface area contributed by atoms with Crippen LogP contribution in [0.15, 0.2) is 29.6 Å². The van der Waals surface area contributed by atoms with Crippen LogP contribution in [-0.2, 0) is 11.0 Å². The Hall–Kier alpha value is -2.62. The van der Waals surface area contributed by atoms with Crippen molar-refractivity contribution in [2.45, 2.75) is 26.1 Å². The average Bonchev–Trinajstić information content (AvgIpc) is 3.01. The molecule has 1 heterocycles. The zero-order valence-corrected chi connectivity index (χ0v) is 15.7. The molecule has 0 fully saturated rings. The third-order valence-corrected chi connectivity index (χ3v) is 4.10. The van der Waals surface area contributed by atoms with Gasteiger partial charge in [-0.15, -0.1) is 11.3 Å². The maximum absolute atomic E-state index is 12.8. The van der Waals surface area contributed by atoms with Crippen molar-refractivity contribution in [2.24, 2.45) is 0 Å². The maximum Gasteiger partial charge on any atom is 0.416 e. The van der Waals surface area contributed by atoms with E-state index in [2.05, 4.69) is 15.6 Å². The number of nitrogens with zero attached hydrogens (tertiary/aromatic N) is 2. The summed E-state index contributed by atoms with van der Waals surface area (Å²) in [6.07, 6.45) is -4.44. The summed E-state index contributed by atoms with van der Waals surface area (Å²) in [5, 5.41) is 7.19. The van der Waals surface area contributed by atoms with E-state index in [0.29, 0.717) is 0 Å². The smallest absolute Gasteiger partial charge is 0.352 e. The van der Waals surface area contributed by atoms with E-state index in [9.17, 15) is 22.8 Å². The topological polar surface area (TPSA) is 74.3 Å². The van der Waals surface area contributed by atoms with Gasteiger partial charge in [-0.05, 0) is 32.0 Å². The molecule has 0 aliphatic carbocycles. The molecule has 0 spiro atoms. The first-order chi connectivity index (χ1) is 12.6. The van der Waals surface area contributed by atoms with Gasteiger partial charge < -0.3 is 15.5 Å². The van der Waals surface area contributed by atoms with Gasteiger partial charge in [-0.3, -0.25) is 9.59 Å². The fourth-order valence-electron chi connectivity index (χ4n) is 2.18. The molecule has 0 radical (unpaired) electrons. The van der Waals surface area contributed by atoms with Gasteiger partial charge in [0.25, 0.3) is 5.91 Å². The minimum absolute atomic E-state index is 0.0384. The van der Waals surface area contributed by atoms with Gasteiger partial charge in [0.1, 0.15) is 5.69 Å². The number of alkyl halides is 3. The summed E-state index contributed by atoms with van der Waals surface area (Å²) < 4.78 is 38.3. The minimum Gasteiger partial charge on any atom is -0.352 e. The van der Waals surface area contributed by atoms with Gasteiger partial charge in [0.05, 0.1) is 12.1 Å².